The van der Waals surface area contributed by atoms with Gasteiger partial charge in [0.25, 0.3) is 10.0 Å². The van der Waals surface area contributed by atoms with Gasteiger partial charge in [-0.25, -0.2) is 8.42 Å². The highest BCUT2D eigenvalue weighted by Crippen LogP contribution is 2.39. The highest BCUT2D eigenvalue weighted by Gasteiger charge is 2.41. The summed E-state index contributed by atoms with van der Waals surface area (Å²) in [4.78, 5) is 1.13. The van der Waals surface area contributed by atoms with Crippen LogP contribution >= 0.6 is 11.3 Å². The van der Waals surface area contributed by atoms with Crippen LogP contribution in [0.3, 0.4) is 0 Å². The Morgan fingerprint density at radius 1 is 1.14 bits per heavy atom. The minimum Gasteiger partial charge on any atom is -0.309 e. The Hall–Kier alpha value is -0.430. The van der Waals surface area contributed by atoms with Crippen molar-refractivity contribution in [3.05, 3.63) is 17.0 Å². The van der Waals surface area contributed by atoms with Crippen LogP contribution in [0.2, 0.25) is 0 Å². The third-order valence-corrected chi connectivity index (χ3v) is 7.90. The molecule has 0 atom stereocenters. The predicted molar refractivity (Wildman–Crippen MR) is 83.8 cm³/mol. The van der Waals surface area contributed by atoms with Gasteiger partial charge in [0.1, 0.15) is 4.21 Å². The molecule has 3 aliphatic carbocycles. The van der Waals surface area contributed by atoms with E-state index in [0.29, 0.717) is 16.2 Å². The molecule has 0 radical (unpaired) electrons. The average Bonchev–Trinajstić information content (AvgIpc) is 3.30. The first-order valence-electron chi connectivity index (χ1n) is 7.97. The lowest BCUT2D eigenvalue weighted by Gasteiger charge is -2.20. The molecule has 1 aromatic heterocycles. The second-order valence-corrected chi connectivity index (χ2v) is 9.91. The second kappa shape index (κ2) is 5.33. The molecule has 6 heteroatoms. The van der Waals surface area contributed by atoms with Crippen LogP contribution in [0.4, 0.5) is 0 Å². The third-order valence-electron chi connectivity index (χ3n) is 4.43. The highest BCUT2D eigenvalue weighted by molar-refractivity contribution is 7.91. The Morgan fingerprint density at radius 3 is 2.52 bits per heavy atom. The van der Waals surface area contributed by atoms with Gasteiger partial charge in [0.05, 0.1) is 0 Å². The van der Waals surface area contributed by atoms with Gasteiger partial charge < -0.3 is 5.32 Å². The van der Waals surface area contributed by atoms with E-state index in [-0.39, 0.29) is 6.04 Å². The number of sulfonamides is 1. The summed E-state index contributed by atoms with van der Waals surface area (Å²) >= 11 is 1.44. The van der Waals surface area contributed by atoms with E-state index < -0.39 is 10.0 Å². The van der Waals surface area contributed by atoms with Gasteiger partial charge in [0.15, 0.2) is 0 Å². The van der Waals surface area contributed by atoms with E-state index in [1.54, 1.807) is 10.4 Å². The zero-order chi connectivity index (χ0) is 14.4. The molecule has 21 heavy (non-hydrogen) atoms. The number of hydrogen-bond donors (Lipinski definition) is 1. The fourth-order valence-corrected chi connectivity index (χ4v) is 5.80. The molecular weight excluding hydrogens is 304 g/mol. The van der Waals surface area contributed by atoms with Crippen molar-refractivity contribution in [3.63, 3.8) is 0 Å². The van der Waals surface area contributed by atoms with Gasteiger partial charge >= 0.3 is 0 Å². The first kappa shape index (κ1) is 14.2. The smallest absolute Gasteiger partial charge is 0.252 e. The predicted octanol–water partition coefficient (Wildman–Crippen LogP) is 2.56. The summed E-state index contributed by atoms with van der Waals surface area (Å²) in [6.45, 7) is 1.54. The van der Waals surface area contributed by atoms with Crippen LogP contribution in [-0.2, 0) is 16.6 Å². The zero-order valence-corrected chi connectivity index (χ0v) is 13.8. The topological polar surface area (TPSA) is 49.4 Å². The van der Waals surface area contributed by atoms with Gasteiger partial charge in [-0.1, -0.05) is 0 Å². The summed E-state index contributed by atoms with van der Waals surface area (Å²) in [6.07, 6.45) is 6.97. The van der Waals surface area contributed by atoms with Crippen LogP contribution in [0.1, 0.15) is 43.4 Å². The molecule has 3 fully saturated rings. The molecule has 3 aliphatic rings. The third kappa shape index (κ3) is 3.33. The molecular formula is C15H22N2O2S2. The summed E-state index contributed by atoms with van der Waals surface area (Å²) in [6, 6.07) is 4.69. The van der Waals surface area contributed by atoms with Crippen molar-refractivity contribution in [1.82, 2.24) is 9.62 Å². The number of hydrogen-bond acceptors (Lipinski definition) is 4. The maximum absolute atomic E-state index is 12.9. The number of nitrogens with one attached hydrogen (secondary N) is 1. The maximum atomic E-state index is 12.9. The lowest BCUT2D eigenvalue weighted by atomic mass is 10.4. The van der Waals surface area contributed by atoms with E-state index in [0.717, 1.165) is 30.8 Å². The Balaban J connectivity index is 1.48. The van der Waals surface area contributed by atoms with Crippen molar-refractivity contribution in [3.8, 4) is 0 Å². The van der Waals surface area contributed by atoms with Gasteiger partial charge in [0, 0.05) is 30.1 Å². The van der Waals surface area contributed by atoms with Gasteiger partial charge in [0.2, 0.25) is 0 Å². The van der Waals surface area contributed by atoms with Gasteiger partial charge in [-0.15, -0.1) is 11.3 Å². The molecule has 0 amide bonds. The van der Waals surface area contributed by atoms with E-state index in [1.807, 2.05) is 6.07 Å². The van der Waals surface area contributed by atoms with E-state index in [4.69, 9.17) is 0 Å². The lowest BCUT2D eigenvalue weighted by Crippen LogP contribution is -2.34. The Labute approximate surface area is 130 Å². The Kier molecular flexibility index (Phi) is 3.60. The lowest BCUT2D eigenvalue weighted by molar-refractivity contribution is 0.390. The normalized spacial score (nSPS) is 22.9. The van der Waals surface area contributed by atoms with Crippen LogP contribution in [0.25, 0.3) is 0 Å². The fourth-order valence-electron chi connectivity index (χ4n) is 2.60. The summed E-state index contributed by atoms with van der Waals surface area (Å²) < 4.78 is 28.0. The summed E-state index contributed by atoms with van der Waals surface area (Å²) in [7, 11) is -3.27. The van der Waals surface area contributed by atoms with Crippen LogP contribution in [-0.4, -0.2) is 31.4 Å². The average molecular weight is 326 g/mol. The molecule has 4 rings (SSSR count). The number of thiophene rings is 1. The van der Waals surface area contributed by atoms with Crippen molar-refractivity contribution in [2.24, 2.45) is 5.92 Å². The number of nitrogens with zero attached hydrogens (tertiary/aromatic N) is 1. The van der Waals surface area contributed by atoms with Crippen molar-refractivity contribution < 1.29 is 8.42 Å². The van der Waals surface area contributed by atoms with E-state index in [2.05, 4.69) is 5.32 Å². The van der Waals surface area contributed by atoms with E-state index in [9.17, 15) is 8.42 Å². The molecule has 4 nitrogen and oxygen atoms in total. The molecule has 0 aromatic carbocycles. The van der Waals surface area contributed by atoms with Crippen molar-refractivity contribution in [2.45, 2.75) is 61.4 Å². The molecule has 116 valence electrons. The molecule has 0 bridgehead atoms. The van der Waals surface area contributed by atoms with Crippen molar-refractivity contribution in [2.75, 3.05) is 6.54 Å². The summed E-state index contributed by atoms with van der Waals surface area (Å²) in [5.41, 5.74) is 0. The Bertz CT molecular complexity index is 613. The minimum atomic E-state index is -3.27. The van der Waals surface area contributed by atoms with Gasteiger partial charge in [-0.3, -0.25) is 0 Å². The van der Waals surface area contributed by atoms with Crippen LogP contribution in [0, 0.1) is 5.92 Å². The summed E-state index contributed by atoms with van der Waals surface area (Å²) in [5, 5.41) is 3.45. The molecule has 0 aliphatic heterocycles. The fraction of sp³-hybridized carbons (Fsp3) is 0.733. The van der Waals surface area contributed by atoms with Crippen molar-refractivity contribution in [1.29, 1.82) is 0 Å². The number of rotatable bonds is 8. The molecule has 3 saturated carbocycles. The molecule has 1 aromatic rings. The van der Waals surface area contributed by atoms with Crippen LogP contribution in [0.15, 0.2) is 16.3 Å². The van der Waals surface area contributed by atoms with Crippen LogP contribution in [0.5, 0.6) is 0 Å². The largest absolute Gasteiger partial charge is 0.309 e. The SMILES string of the molecule is O=S(=O)(c1ccc(CNC2CC2)s1)N(CC1CC1)C1CC1. The quantitative estimate of drug-likeness (QED) is 0.799. The first-order chi connectivity index (χ1) is 10.1. The van der Waals surface area contributed by atoms with Crippen molar-refractivity contribution >= 4 is 21.4 Å². The zero-order valence-electron chi connectivity index (χ0n) is 12.1. The second-order valence-electron chi connectivity index (χ2n) is 6.63. The van der Waals surface area contributed by atoms with Gasteiger partial charge in [-0.05, 0) is 56.6 Å². The maximum Gasteiger partial charge on any atom is 0.252 e. The molecule has 1 heterocycles. The van der Waals surface area contributed by atoms with Gasteiger partial charge in [-0.2, -0.15) is 4.31 Å². The Morgan fingerprint density at radius 2 is 1.90 bits per heavy atom. The molecule has 0 spiro atoms. The minimum absolute atomic E-state index is 0.269. The van der Waals surface area contributed by atoms with E-state index in [1.165, 1.54) is 37.0 Å². The van der Waals surface area contributed by atoms with Crippen LogP contribution < -0.4 is 5.32 Å². The summed E-state index contributed by atoms with van der Waals surface area (Å²) in [5.74, 6) is 0.608. The standard InChI is InChI=1S/C15H22N2O2S2/c18-21(19,17(13-5-6-13)10-11-1-2-11)15-8-7-14(20-15)9-16-12-3-4-12/h7-8,11-13,16H,1-6,9-10H2. The molecule has 0 unspecified atom stereocenters. The first-order valence-corrected chi connectivity index (χ1v) is 10.2. The monoisotopic (exact) mass is 326 g/mol. The molecule has 0 saturated heterocycles. The highest BCUT2D eigenvalue weighted by atomic mass is 32.2. The molecule has 1 N–H and O–H groups in total. The van der Waals surface area contributed by atoms with E-state index >= 15 is 0 Å².